The van der Waals surface area contributed by atoms with E-state index in [1.807, 2.05) is 41.8 Å². The Morgan fingerprint density at radius 2 is 1.97 bits per heavy atom. The second-order valence-corrected chi connectivity index (χ2v) is 9.16. The number of carbonyl (C=O) groups excluding carboxylic acids is 3. The lowest BCUT2D eigenvalue weighted by molar-refractivity contribution is -0.125. The fourth-order valence-electron chi connectivity index (χ4n) is 4.51. The number of fused-ring (bicyclic) bond motifs is 1. The van der Waals surface area contributed by atoms with Gasteiger partial charge in [-0.3, -0.25) is 19.9 Å². The molecule has 0 radical (unpaired) electrons. The minimum absolute atomic E-state index is 0.0301. The molecule has 1 spiro atoms. The van der Waals surface area contributed by atoms with Gasteiger partial charge in [0.05, 0.1) is 11.2 Å². The Labute approximate surface area is 188 Å². The second kappa shape index (κ2) is 8.23. The molecule has 1 aromatic carbocycles. The van der Waals surface area contributed by atoms with Crippen molar-refractivity contribution in [2.75, 3.05) is 5.32 Å². The molecule has 5 rings (SSSR count). The van der Waals surface area contributed by atoms with E-state index in [2.05, 4.69) is 26.3 Å². The van der Waals surface area contributed by atoms with E-state index in [-0.39, 0.29) is 17.9 Å². The van der Waals surface area contributed by atoms with Crippen LogP contribution in [0.5, 0.6) is 0 Å². The second-order valence-electron chi connectivity index (χ2n) is 8.24. The number of carbonyl (C=O) groups is 3. The number of aromatic nitrogens is 1. The molecule has 2 aromatic heterocycles. The van der Waals surface area contributed by atoms with Crippen molar-refractivity contribution in [3.8, 4) is 0 Å². The summed E-state index contributed by atoms with van der Waals surface area (Å²) < 4.78 is 0. The number of pyridine rings is 1. The molecule has 4 amide bonds. The molecule has 1 aliphatic carbocycles. The minimum Gasteiger partial charge on any atom is -0.380 e. The van der Waals surface area contributed by atoms with Crippen LogP contribution in [0.25, 0.3) is 10.9 Å². The Morgan fingerprint density at radius 1 is 1.16 bits per heavy atom. The largest absolute Gasteiger partial charge is 0.380 e. The van der Waals surface area contributed by atoms with E-state index in [1.165, 1.54) is 11.3 Å². The molecule has 32 heavy (non-hydrogen) atoms. The van der Waals surface area contributed by atoms with E-state index >= 15 is 0 Å². The Kier molecular flexibility index (Phi) is 5.26. The Bertz CT molecular complexity index is 1190. The lowest BCUT2D eigenvalue weighted by Gasteiger charge is -2.34. The molecule has 1 aliphatic heterocycles. The highest BCUT2D eigenvalue weighted by Gasteiger charge is 2.48. The Morgan fingerprint density at radius 3 is 2.75 bits per heavy atom. The topological polar surface area (TPSA) is 112 Å². The van der Waals surface area contributed by atoms with Gasteiger partial charge >= 0.3 is 6.03 Å². The fourth-order valence-corrected chi connectivity index (χ4v) is 5.28. The van der Waals surface area contributed by atoms with Crippen LogP contribution < -0.4 is 21.3 Å². The summed E-state index contributed by atoms with van der Waals surface area (Å²) in [6, 6.07) is 11.4. The van der Waals surface area contributed by atoms with Crippen molar-refractivity contribution >= 4 is 45.8 Å². The number of thiophene rings is 1. The van der Waals surface area contributed by atoms with E-state index in [0.717, 1.165) is 22.2 Å². The van der Waals surface area contributed by atoms with E-state index in [0.29, 0.717) is 37.1 Å². The Hall–Kier alpha value is -3.46. The smallest absolute Gasteiger partial charge is 0.322 e. The van der Waals surface area contributed by atoms with Crippen molar-refractivity contribution in [1.82, 2.24) is 20.9 Å². The van der Waals surface area contributed by atoms with Crippen molar-refractivity contribution in [2.24, 2.45) is 0 Å². The predicted molar refractivity (Wildman–Crippen MR) is 123 cm³/mol. The van der Waals surface area contributed by atoms with Crippen LogP contribution >= 0.6 is 11.3 Å². The SMILES string of the molecule is O=C1NC(=O)[C@]2(CC[C@H](NC(=O)c3sccc3NCc3ccnc4ccccc34)CC2)N1. The normalized spacial score (nSPS) is 22.6. The maximum atomic E-state index is 12.9. The average Bonchev–Trinajstić information content (AvgIpc) is 3.38. The Balaban J connectivity index is 1.22. The van der Waals surface area contributed by atoms with Gasteiger partial charge in [-0.25, -0.2) is 4.79 Å². The van der Waals surface area contributed by atoms with Gasteiger partial charge in [-0.1, -0.05) is 18.2 Å². The van der Waals surface area contributed by atoms with Crippen molar-refractivity contribution in [1.29, 1.82) is 0 Å². The van der Waals surface area contributed by atoms with E-state index in [4.69, 9.17) is 0 Å². The molecule has 4 N–H and O–H groups in total. The number of hydrogen-bond donors (Lipinski definition) is 4. The zero-order valence-electron chi connectivity index (χ0n) is 17.3. The van der Waals surface area contributed by atoms with Gasteiger partial charge in [-0.2, -0.15) is 0 Å². The van der Waals surface area contributed by atoms with Crippen LogP contribution in [0.2, 0.25) is 0 Å². The third-order valence-corrected chi connectivity index (χ3v) is 7.18. The number of nitrogens with zero attached hydrogens (tertiary/aromatic N) is 1. The number of imide groups is 1. The van der Waals surface area contributed by atoms with Crippen LogP contribution in [0.3, 0.4) is 0 Å². The molecule has 0 unspecified atom stereocenters. The first kappa shape index (κ1) is 20.4. The van der Waals surface area contributed by atoms with Crippen LogP contribution in [0.15, 0.2) is 48.0 Å². The molecule has 0 atom stereocenters. The van der Waals surface area contributed by atoms with Crippen molar-refractivity contribution in [3.05, 3.63) is 58.4 Å². The summed E-state index contributed by atoms with van der Waals surface area (Å²) in [5.41, 5.74) is 2.03. The zero-order valence-corrected chi connectivity index (χ0v) is 18.1. The summed E-state index contributed by atoms with van der Waals surface area (Å²) in [5, 5.41) is 14.5. The number of benzene rings is 1. The summed E-state index contributed by atoms with van der Waals surface area (Å²) in [7, 11) is 0. The first-order valence-electron chi connectivity index (χ1n) is 10.6. The number of rotatable bonds is 5. The van der Waals surface area contributed by atoms with Gasteiger partial charge in [0.25, 0.3) is 11.8 Å². The summed E-state index contributed by atoms with van der Waals surface area (Å²) in [6.07, 6.45) is 4.09. The molecule has 1 saturated heterocycles. The van der Waals surface area contributed by atoms with Gasteiger partial charge < -0.3 is 16.0 Å². The molecule has 1 saturated carbocycles. The number of anilines is 1. The van der Waals surface area contributed by atoms with Gasteiger partial charge in [0.2, 0.25) is 0 Å². The molecular weight excluding hydrogens is 426 g/mol. The molecular formula is C23H23N5O3S. The standard InChI is InChI=1S/C23H23N5O3S/c29-20(26-15-5-9-23(10-6-15)21(30)27-22(31)28-23)19-18(8-12-32-19)25-13-14-7-11-24-17-4-2-1-3-16(14)17/h1-4,7-8,11-12,15,25H,5-6,9-10,13H2,(H,26,29)(H2,27,28,30,31)/t15-,23+. The van der Waals surface area contributed by atoms with E-state index < -0.39 is 11.6 Å². The molecule has 3 heterocycles. The molecule has 2 aliphatic rings. The minimum atomic E-state index is -0.818. The first-order valence-corrected chi connectivity index (χ1v) is 11.5. The zero-order chi connectivity index (χ0) is 22.1. The third kappa shape index (κ3) is 3.80. The predicted octanol–water partition coefficient (Wildman–Crippen LogP) is 3.16. The van der Waals surface area contributed by atoms with Crippen molar-refractivity contribution in [2.45, 2.75) is 43.8 Å². The number of urea groups is 1. The highest BCUT2D eigenvalue weighted by Crippen LogP contribution is 2.32. The molecule has 2 fully saturated rings. The fraction of sp³-hybridized carbons (Fsp3) is 0.304. The maximum absolute atomic E-state index is 12.9. The van der Waals surface area contributed by atoms with Gasteiger partial charge in [-0.15, -0.1) is 11.3 Å². The summed E-state index contributed by atoms with van der Waals surface area (Å²) in [5.74, 6) is -0.386. The van der Waals surface area contributed by atoms with Crippen LogP contribution in [0.4, 0.5) is 10.5 Å². The number of nitrogens with one attached hydrogen (secondary N) is 4. The number of amides is 4. The molecule has 3 aromatic rings. The van der Waals surface area contributed by atoms with Gasteiger partial charge in [0.15, 0.2) is 0 Å². The van der Waals surface area contributed by atoms with Crippen molar-refractivity contribution in [3.63, 3.8) is 0 Å². The lowest BCUT2D eigenvalue weighted by Crippen LogP contribution is -2.52. The molecule has 0 bridgehead atoms. The number of hydrogen-bond acceptors (Lipinski definition) is 6. The average molecular weight is 450 g/mol. The van der Waals surface area contributed by atoms with Gasteiger partial charge in [0.1, 0.15) is 10.4 Å². The van der Waals surface area contributed by atoms with E-state index in [1.54, 1.807) is 6.20 Å². The molecule has 164 valence electrons. The monoisotopic (exact) mass is 449 g/mol. The first-order chi connectivity index (χ1) is 15.5. The summed E-state index contributed by atoms with van der Waals surface area (Å²) in [6.45, 7) is 0.584. The van der Waals surface area contributed by atoms with Crippen LogP contribution in [-0.2, 0) is 11.3 Å². The van der Waals surface area contributed by atoms with Gasteiger partial charge in [-0.05, 0) is 54.8 Å². The van der Waals surface area contributed by atoms with Gasteiger partial charge in [0, 0.05) is 24.2 Å². The lowest BCUT2D eigenvalue weighted by atomic mass is 9.79. The summed E-state index contributed by atoms with van der Waals surface area (Å²) in [4.78, 5) is 41.6. The van der Waals surface area contributed by atoms with E-state index in [9.17, 15) is 14.4 Å². The molecule has 9 heteroatoms. The van der Waals surface area contributed by atoms with Crippen molar-refractivity contribution < 1.29 is 14.4 Å². The third-order valence-electron chi connectivity index (χ3n) is 6.27. The molecule has 8 nitrogen and oxygen atoms in total. The van der Waals surface area contributed by atoms with Crippen LogP contribution in [0, 0.1) is 0 Å². The number of para-hydroxylation sites is 1. The highest BCUT2D eigenvalue weighted by atomic mass is 32.1. The maximum Gasteiger partial charge on any atom is 0.322 e. The summed E-state index contributed by atoms with van der Waals surface area (Å²) >= 11 is 1.40. The highest BCUT2D eigenvalue weighted by molar-refractivity contribution is 7.12. The van der Waals surface area contributed by atoms with Crippen LogP contribution in [-0.4, -0.2) is 34.4 Å². The van der Waals surface area contributed by atoms with Crippen LogP contribution in [0.1, 0.15) is 40.9 Å². The quantitative estimate of drug-likeness (QED) is 0.447.